The molecule has 298 valence electrons. The molecule has 3 saturated heterocycles. The van der Waals surface area contributed by atoms with Gasteiger partial charge in [0, 0.05) is 129 Å². The maximum absolute atomic E-state index is 13.3. The van der Waals surface area contributed by atoms with E-state index in [2.05, 4.69) is 59.2 Å². The Labute approximate surface area is 335 Å². The van der Waals surface area contributed by atoms with Crippen molar-refractivity contribution in [2.24, 2.45) is 0 Å². The number of piperazine rings is 1. The smallest absolute Gasteiger partial charge is 0.262 e. The number of fused-ring (bicyclic) bond motifs is 4. The molecule has 4 aliphatic heterocycles. The maximum atomic E-state index is 13.3. The minimum absolute atomic E-state index is 0.103. The van der Waals surface area contributed by atoms with Gasteiger partial charge in [0.2, 0.25) is 17.7 Å². The zero-order valence-electron chi connectivity index (χ0n) is 32.3. The Morgan fingerprint density at radius 2 is 1.47 bits per heavy atom. The summed E-state index contributed by atoms with van der Waals surface area (Å²) < 4.78 is 12.7. The van der Waals surface area contributed by atoms with Crippen LogP contribution in [-0.4, -0.2) is 130 Å². The predicted octanol–water partition coefficient (Wildman–Crippen LogP) is 4.39. The summed E-state index contributed by atoms with van der Waals surface area (Å²) in [7, 11) is 0. The van der Waals surface area contributed by atoms with Gasteiger partial charge in [-0.05, 0) is 61.2 Å². The molecule has 0 radical (unpaired) electrons. The first kappa shape index (κ1) is 36.6. The number of benzene rings is 2. The summed E-state index contributed by atoms with van der Waals surface area (Å²) in [6, 6.07) is 16.8. The molecule has 5 aliphatic rings. The van der Waals surface area contributed by atoms with E-state index in [-0.39, 0.29) is 31.0 Å². The number of likely N-dealkylation sites (tertiary alicyclic amines) is 1. The zero-order valence-corrected chi connectivity index (χ0v) is 32.3. The molecular formula is C44H46N8O6. The van der Waals surface area contributed by atoms with Gasteiger partial charge in [-0.15, -0.1) is 0 Å². The van der Waals surface area contributed by atoms with Crippen LogP contribution in [0.1, 0.15) is 59.2 Å². The number of nitrogens with one attached hydrogen (secondary N) is 2. The number of carbonyl (C=O) groups excluding carboxylic acids is 4. The van der Waals surface area contributed by atoms with E-state index in [0.717, 1.165) is 122 Å². The van der Waals surface area contributed by atoms with Crippen molar-refractivity contribution in [3.05, 3.63) is 84.3 Å². The number of amides is 4. The number of H-pyrrole nitrogens is 1. The Morgan fingerprint density at radius 1 is 0.690 bits per heavy atom. The number of piperidine rings is 2. The Hall–Kier alpha value is -5.70. The van der Waals surface area contributed by atoms with Gasteiger partial charge in [-0.3, -0.25) is 39.3 Å². The lowest BCUT2D eigenvalue weighted by molar-refractivity contribution is -0.136. The molecule has 5 aromatic rings. The number of rotatable bonds is 10. The fourth-order valence-corrected chi connectivity index (χ4v) is 9.15. The van der Waals surface area contributed by atoms with Crippen LogP contribution in [0.4, 0.5) is 5.69 Å². The number of ether oxygens (including phenoxy) is 2. The second kappa shape index (κ2) is 15.2. The zero-order chi connectivity index (χ0) is 39.3. The molecule has 58 heavy (non-hydrogen) atoms. The first-order valence-electron chi connectivity index (χ1n) is 20.5. The summed E-state index contributed by atoms with van der Waals surface area (Å²) in [5, 5.41) is 4.54. The van der Waals surface area contributed by atoms with Gasteiger partial charge >= 0.3 is 0 Å². The molecule has 0 bridgehead atoms. The summed E-state index contributed by atoms with van der Waals surface area (Å²) >= 11 is 0. The van der Waals surface area contributed by atoms with Gasteiger partial charge in [0.25, 0.3) is 11.8 Å². The van der Waals surface area contributed by atoms with E-state index in [0.29, 0.717) is 23.1 Å². The number of hydrogen-bond acceptors (Lipinski definition) is 11. The van der Waals surface area contributed by atoms with Gasteiger partial charge in [-0.1, -0.05) is 12.1 Å². The average molecular weight is 783 g/mol. The lowest BCUT2D eigenvalue weighted by Gasteiger charge is -2.40. The fourth-order valence-electron chi connectivity index (χ4n) is 9.15. The van der Waals surface area contributed by atoms with Crippen LogP contribution >= 0.6 is 0 Å². The molecule has 1 saturated carbocycles. The normalized spacial score (nSPS) is 23.4. The van der Waals surface area contributed by atoms with Crippen molar-refractivity contribution < 1.29 is 28.7 Å². The van der Waals surface area contributed by atoms with Crippen LogP contribution in [-0.2, 0) is 14.3 Å². The number of carbonyl (C=O) groups is 4. The molecule has 10 rings (SSSR count). The monoisotopic (exact) mass is 782 g/mol. The molecule has 14 heteroatoms. The fraction of sp³-hybridized carbons (Fsp3) is 0.409. The third-order valence-electron chi connectivity index (χ3n) is 12.6. The quantitative estimate of drug-likeness (QED) is 0.194. The highest BCUT2D eigenvalue weighted by Gasteiger charge is 2.45. The van der Waals surface area contributed by atoms with Crippen molar-refractivity contribution in [2.75, 3.05) is 57.3 Å². The number of imide groups is 2. The number of anilines is 1. The standard InChI is InChI=1S/C44H46N8O6/c53-40-7-6-39(42(54)48-40)52-43(55)34-5-3-29(22-35(34)44(52)56)51-19-17-50(18-20-51)16-15-49-13-10-30(11-14-49)57-31-23-32(24-31)58-41-8-2-28(25-46-41)27-1-4-33-36-26-45-12-9-37(36)47-38(33)21-27/h1-5,8-9,12,21-22,25-26,30-32,39,47H,6-7,10-11,13-20,23-24H2,(H,48,53,54). The minimum Gasteiger partial charge on any atom is -0.474 e. The molecule has 1 atom stereocenters. The minimum atomic E-state index is -0.959. The number of hydrogen-bond donors (Lipinski definition) is 2. The third-order valence-corrected chi connectivity index (χ3v) is 12.6. The van der Waals surface area contributed by atoms with E-state index in [1.165, 1.54) is 0 Å². The topological polar surface area (TPSA) is 153 Å². The van der Waals surface area contributed by atoms with Crippen LogP contribution in [0.2, 0.25) is 0 Å². The van der Waals surface area contributed by atoms with Crippen molar-refractivity contribution in [1.29, 1.82) is 0 Å². The van der Waals surface area contributed by atoms with Gasteiger partial charge in [0.15, 0.2) is 0 Å². The molecule has 4 fully saturated rings. The summed E-state index contributed by atoms with van der Waals surface area (Å²) in [6.45, 7) is 7.58. The summed E-state index contributed by atoms with van der Waals surface area (Å²) in [5.74, 6) is -1.28. The summed E-state index contributed by atoms with van der Waals surface area (Å²) in [6.07, 6.45) is 10.4. The van der Waals surface area contributed by atoms with E-state index in [1.807, 2.05) is 30.6 Å². The SMILES string of the molecule is O=C1CCC(N2C(=O)c3ccc(N4CCN(CCN5CCC(OC6CC(Oc7ccc(-c8ccc9c(c8)[nH]c8ccncc89)cn7)C6)CC5)CC4)cc3C2=O)C(=O)N1. The number of aromatic amines is 1. The Morgan fingerprint density at radius 3 is 2.24 bits per heavy atom. The van der Waals surface area contributed by atoms with E-state index in [1.54, 1.807) is 18.3 Å². The lowest BCUT2D eigenvalue weighted by Crippen LogP contribution is -2.54. The molecule has 3 aromatic heterocycles. The Balaban J connectivity index is 0.628. The van der Waals surface area contributed by atoms with Gasteiger partial charge in [-0.25, -0.2) is 4.98 Å². The van der Waals surface area contributed by atoms with Crippen LogP contribution in [0.5, 0.6) is 5.88 Å². The van der Waals surface area contributed by atoms with E-state index in [4.69, 9.17) is 9.47 Å². The molecule has 0 spiro atoms. The third kappa shape index (κ3) is 7.09. The van der Waals surface area contributed by atoms with Gasteiger partial charge in [0.05, 0.1) is 23.3 Å². The van der Waals surface area contributed by atoms with Crippen LogP contribution in [0.15, 0.2) is 73.2 Å². The maximum Gasteiger partial charge on any atom is 0.262 e. The summed E-state index contributed by atoms with van der Waals surface area (Å²) in [4.78, 5) is 71.1. The molecule has 2 N–H and O–H groups in total. The number of nitrogens with zero attached hydrogens (tertiary/aromatic N) is 6. The van der Waals surface area contributed by atoms with Crippen LogP contribution < -0.4 is 15.0 Å². The Bertz CT molecular complexity index is 2390. The Kier molecular flexibility index (Phi) is 9.62. The van der Waals surface area contributed by atoms with Crippen molar-refractivity contribution in [3.63, 3.8) is 0 Å². The van der Waals surface area contributed by atoms with Crippen LogP contribution in [0.25, 0.3) is 32.9 Å². The molecule has 1 aliphatic carbocycles. The largest absolute Gasteiger partial charge is 0.474 e. The summed E-state index contributed by atoms with van der Waals surface area (Å²) in [5.41, 5.74) is 5.84. The van der Waals surface area contributed by atoms with Crippen molar-refractivity contribution in [2.45, 2.75) is 62.9 Å². The van der Waals surface area contributed by atoms with E-state index in [9.17, 15) is 19.2 Å². The predicted molar refractivity (Wildman–Crippen MR) is 217 cm³/mol. The van der Waals surface area contributed by atoms with Crippen molar-refractivity contribution in [1.82, 2.24) is 35.0 Å². The van der Waals surface area contributed by atoms with Crippen LogP contribution in [0.3, 0.4) is 0 Å². The molecule has 4 amide bonds. The second-order valence-corrected chi connectivity index (χ2v) is 16.2. The average Bonchev–Trinajstić information content (AvgIpc) is 3.73. The molecule has 1 unspecified atom stereocenters. The second-order valence-electron chi connectivity index (χ2n) is 16.2. The van der Waals surface area contributed by atoms with Gasteiger partial charge in [-0.2, -0.15) is 0 Å². The highest BCUT2D eigenvalue weighted by atomic mass is 16.5. The molecule has 14 nitrogen and oxygen atoms in total. The lowest BCUT2D eigenvalue weighted by atomic mass is 9.91. The van der Waals surface area contributed by atoms with E-state index < -0.39 is 23.8 Å². The van der Waals surface area contributed by atoms with Crippen LogP contribution in [0, 0.1) is 0 Å². The first-order valence-corrected chi connectivity index (χ1v) is 20.5. The van der Waals surface area contributed by atoms with Crippen molar-refractivity contribution >= 4 is 51.1 Å². The van der Waals surface area contributed by atoms with Gasteiger partial charge < -0.3 is 24.3 Å². The number of aromatic nitrogens is 3. The molecule has 2 aromatic carbocycles. The van der Waals surface area contributed by atoms with Gasteiger partial charge in [0.1, 0.15) is 12.1 Å². The van der Waals surface area contributed by atoms with Crippen molar-refractivity contribution in [3.8, 4) is 17.0 Å². The molecular weight excluding hydrogens is 737 g/mol. The number of pyridine rings is 2. The highest BCUT2D eigenvalue weighted by molar-refractivity contribution is 6.23. The first-order chi connectivity index (χ1) is 28.3. The highest BCUT2D eigenvalue weighted by Crippen LogP contribution is 2.34. The molecule has 7 heterocycles. The van der Waals surface area contributed by atoms with E-state index >= 15 is 0 Å².